The molecule has 0 aliphatic heterocycles. The first-order chi connectivity index (χ1) is 11.4. The Morgan fingerprint density at radius 1 is 1.21 bits per heavy atom. The predicted octanol–water partition coefficient (Wildman–Crippen LogP) is 2.13. The number of hydrogen-bond donors (Lipinski definition) is 4. The molecule has 4 amide bonds. The number of benzene rings is 1. The maximum Gasteiger partial charge on any atom is 0.319 e. The monoisotopic (exact) mass is 354 g/mol. The van der Waals surface area contributed by atoms with Crippen LogP contribution in [0, 0.1) is 0 Å². The van der Waals surface area contributed by atoms with E-state index in [1.165, 1.54) is 19.2 Å². The van der Waals surface area contributed by atoms with Crippen molar-refractivity contribution < 1.29 is 14.4 Å². The van der Waals surface area contributed by atoms with Crippen LogP contribution in [0.5, 0.6) is 0 Å². The van der Waals surface area contributed by atoms with E-state index >= 15 is 0 Å². The maximum atomic E-state index is 12.1. The van der Waals surface area contributed by atoms with Crippen LogP contribution in [0.4, 0.5) is 10.5 Å². The van der Waals surface area contributed by atoms with E-state index < -0.39 is 12.1 Å². The first kappa shape index (κ1) is 19.8. The number of hydrogen-bond acceptors (Lipinski definition) is 3. The molecular weight excluding hydrogens is 332 g/mol. The van der Waals surface area contributed by atoms with Crippen LogP contribution in [-0.2, 0) is 4.79 Å². The molecule has 1 aromatic rings. The van der Waals surface area contributed by atoms with Crippen molar-refractivity contribution in [3.63, 3.8) is 0 Å². The molecule has 8 heteroatoms. The van der Waals surface area contributed by atoms with Crippen molar-refractivity contribution in [1.29, 1.82) is 0 Å². The summed E-state index contributed by atoms with van der Waals surface area (Å²) in [6.45, 7) is 4.19. The quantitative estimate of drug-likeness (QED) is 0.603. The molecule has 24 heavy (non-hydrogen) atoms. The van der Waals surface area contributed by atoms with Crippen LogP contribution >= 0.6 is 11.6 Å². The Balaban J connectivity index is 2.81. The second-order valence-electron chi connectivity index (χ2n) is 5.11. The third-order valence-electron chi connectivity index (χ3n) is 3.25. The number of urea groups is 1. The van der Waals surface area contributed by atoms with E-state index in [9.17, 15) is 14.4 Å². The van der Waals surface area contributed by atoms with E-state index in [4.69, 9.17) is 11.6 Å². The molecule has 0 spiro atoms. The SMILES string of the molecule is CCC[C@H](NC(=O)Nc1ccc(Cl)c(C(=O)NCC)c1)C(=O)NC. The van der Waals surface area contributed by atoms with Gasteiger partial charge in [0.1, 0.15) is 6.04 Å². The van der Waals surface area contributed by atoms with Gasteiger partial charge in [0.15, 0.2) is 0 Å². The van der Waals surface area contributed by atoms with Gasteiger partial charge in [0.2, 0.25) is 5.91 Å². The van der Waals surface area contributed by atoms with Gasteiger partial charge in [-0.2, -0.15) is 0 Å². The van der Waals surface area contributed by atoms with Crippen LogP contribution in [0.2, 0.25) is 5.02 Å². The van der Waals surface area contributed by atoms with Crippen LogP contribution in [0.1, 0.15) is 37.0 Å². The first-order valence-electron chi connectivity index (χ1n) is 7.79. The molecule has 0 bridgehead atoms. The Morgan fingerprint density at radius 2 is 1.92 bits per heavy atom. The van der Waals surface area contributed by atoms with Crippen LogP contribution in [0.15, 0.2) is 18.2 Å². The fourth-order valence-electron chi connectivity index (χ4n) is 2.09. The molecule has 0 heterocycles. The van der Waals surface area contributed by atoms with E-state index in [0.29, 0.717) is 23.7 Å². The van der Waals surface area contributed by atoms with Crippen molar-refractivity contribution >= 4 is 35.1 Å². The van der Waals surface area contributed by atoms with Crippen molar-refractivity contribution in [1.82, 2.24) is 16.0 Å². The fourth-order valence-corrected chi connectivity index (χ4v) is 2.29. The highest BCUT2D eigenvalue weighted by atomic mass is 35.5. The molecule has 0 aromatic heterocycles. The number of anilines is 1. The average Bonchev–Trinajstić information content (AvgIpc) is 2.55. The summed E-state index contributed by atoms with van der Waals surface area (Å²) >= 11 is 6.01. The highest BCUT2D eigenvalue weighted by Crippen LogP contribution is 2.20. The summed E-state index contributed by atoms with van der Waals surface area (Å²) in [5.74, 6) is -0.577. The largest absolute Gasteiger partial charge is 0.357 e. The molecule has 1 aromatic carbocycles. The van der Waals surface area contributed by atoms with Gasteiger partial charge in [0.25, 0.3) is 5.91 Å². The van der Waals surface area contributed by atoms with Gasteiger partial charge < -0.3 is 21.3 Å². The summed E-state index contributed by atoms with van der Waals surface area (Å²) in [7, 11) is 1.52. The van der Waals surface area contributed by atoms with Crippen molar-refractivity contribution in [3.8, 4) is 0 Å². The molecule has 0 fully saturated rings. The molecule has 1 atom stereocenters. The van der Waals surface area contributed by atoms with Crippen molar-refractivity contribution in [2.24, 2.45) is 0 Å². The van der Waals surface area contributed by atoms with Crippen LogP contribution in [0.3, 0.4) is 0 Å². The first-order valence-corrected chi connectivity index (χ1v) is 8.17. The van der Waals surface area contributed by atoms with E-state index in [1.807, 2.05) is 6.92 Å². The normalized spacial score (nSPS) is 11.3. The van der Waals surface area contributed by atoms with Crippen molar-refractivity contribution in [2.75, 3.05) is 18.9 Å². The number of carbonyl (C=O) groups excluding carboxylic acids is 3. The lowest BCUT2D eigenvalue weighted by atomic mass is 10.1. The van der Waals surface area contributed by atoms with Gasteiger partial charge in [-0.1, -0.05) is 24.9 Å². The number of nitrogens with one attached hydrogen (secondary N) is 4. The summed E-state index contributed by atoms with van der Waals surface area (Å²) < 4.78 is 0. The maximum absolute atomic E-state index is 12.1. The zero-order valence-corrected chi connectivity index (χ0v) is 14.8. The van der Waals surface area contributed by atoms with Crippen LogP contribution in [0.25, 0.3) is 0 Å². The Hall–Kier alpha value is -2.28. The molecule has 0 saturated carbocycles. The zero-order valence-electron chi connectivity index (χ0n) is 14.0. The Bertz CT molecular complexity index is 607. The second-order valence-corrected chi connectivity index (χ2v) is 5.52. The molecule has 0 aliphatic rings. The molecule has 0 aliphatic carbocycles. The van der Waals surface area contributed by atoms with Gasteiger partial charge in [-0.15, -0.1) is 0 Å². The van der Waals surface area contributed by atoms with Crippen LogP contribution < -0.4 is 21.3 Å². The van der Waals surface area contributed by atoms with Gasteiger partial charge in [-0.05, 0) is 31.5 Å². The van der Waals surface area contributed by atoms with E-state index in [2.05, 4.69) is 21.3 Å². The minimum Gasteiger partial charge on any atom is -0.357 e. The van der Waals surface area contributed by atoms with Crippen LogP contribution in [-0.4, -0.2) is 37.5 Å². The summed E-state index contributed by atoms with van der Waals surface area (Å²) in [5, 5.41) is 10.7. The molecule has 0 saturated heterocycles. The van der Waals surface area contributed by atoms with Gasteiger partial charge in [-0.25, -0.2) is 4.79 Å². The van der Waals surface area contributed by atoms with E-state index in [-0.39, 0.29) is 17.4 Å². The van der Waals surface area contributed by atoms with Crippen molar-refractivity contribution in [2.45, 2.75) is 32.7 Å². The van der Waals surface area contributed by atoms with Gasteiger partial charge in [0, 0.05) is 19.3 Å². The Kier molecular flexibility index (Phi) is 8.05. The van der Waals surface area contributed by atoms with Crippen molar-refractivity contribution in [3.05, 3.63) is 28.8 Å². The highest BCUT2D eigenvalue weighted by Gasteiger charge is 2.19. The number of likely N-dealkylation sites (N-methyl/N-ethyl adjacent to an activating group) is 1. The summed E-state index contributed by atoms with van der Waals surface area (Å²) in [5.41, 5.74) is 0.679. The molecular formula is C16H23ClN4O3. The lowest BCUT2D eigenvalue weighted by molar-refractivity contribution is -0.122. The molecule has 0 unspecified atom stereocenters. The lowest BCUT2D eigenvalue weighted by Crippen LogP contribution is -2.47. The molecule has 4 N–H and O–H groups in total. The van der Waals surface area contributed by atoms with E-state index in [1.54, 1.807) is 13.0 Å². The van der Waals surface area contributed by atoms with E-state index in [0.717, 1.165) is 6.42 Å². The number of amides is 4. The summed E-state index contributed by atoms with van der Waals surface area (Å²) in [6, 6.07) is 3.46. The fraction of sp³-hybridized carbons (Fsp3) is 0.438. The molecule has 1 rings (SSSR count). The Labute approximate surface area is 146 Å². The highest BCUT2D eigenvalue weighted by molar-refractivity contribution is 6.34. The average molecular weight is 355 g/mol. The van der Waals surface area contributed by atoms with Gasteiger partial charge in [0.05, 0.1) is 10.6 Å². The topological polar surface area (TPSA) is 99.3 Å². The smallest absolute Gasteiger partial charge is 0.319 e. The molecule has 132 valence electrons. The number of rotatable bonds is 7. The predicted molar refractivity (Wildman–Crippen MR) is 94.4 cm³/mol. The number of carbonyl (C=O) groups is 3. The minimum absolute atomic E-state index is 0.258. The third-order valence-corrected chi connectivity index (χ3v) is 3.58. The lowest BCUT2D eigenvalue weighted by Gasteiger charge is -2.17. The standard InChI is InChI=1S/C16H23ClN4O3/c1-4-6-13(15(23)18-3)21-16(24)20-10-7-8-12(17)11(9-10)14(22)19-5-2/h7-9,13H,4-6H2,1-3H3,(H,18,23)(H,19,22)(H2,20,21,24)/t13-/m0/s1. The number of halogens is 1. The zero-order chi connectivity index (χ0) is 18.1. The summed E-state index contributed by atoms with van der Waals surface area (Å²) in [6.07, 6.45) is 1.28. The minimum atomic E-state index is -0.616. The molecule has 0 radical (unpaired) electrons. The molecule has 7 nitrogen and oxygen atoms in total. The van der Waals surface area contributed by atoms with Gasteiger partial charge in [-0.3, -0.25) is 9.59 Å². The summed E-state index contributed by atoms with van der Waals surface area (Å²) in [4.78, 5) is 35.7. The third kappa shape index (κ3) is 5.73. The second kappa shape index (κ2) is 9.77. The van der Waals surface area contributed by atoms with Gasteiger partial charge >= 0.3 is 6.03 Å². The Morgan fingerprint density at radius 3 is 2.50 bits per heavy atom.